The molecule has 0 unspecified atom stereocenters. The summed E-state index contributed by atoms with van der Waals surface area (Å²) in [6, 6.07) is 14.0. The molecule has 0 aliphatic carbocycles. The predicted molar refractivity (Wildman–Crippen MR) is 118 cm³/mol. The number of anilines is 1. The standard InChI is InChI=1S/C22H21N3O5S/c1-2-29-20(26)11-18-14-31-22(24-18)25-23-12-15-6-8-19(9-7-15)30-13-16-4-3-5-17(10-16)21(27)28/h3-10,12,14H,2,11,13H2,1H3,(H,24,25)(H,27,28). The van der Waals surface area contributed by atoms with E-state index in [1.807, 2.05) is 30.3 Å². The fraction of sp³-hybridized carbons (Fsp3) is 0.182. The van der Waals surface area contributed by atoms with Crippen LogP contribution in [-0.2, 0) is 22.6 Å². The minimum absolute atomic E-state index is 0.137. The zero-order chi connectivity index (χ0) is 22.1. The molecular formula is C22H21N3O5S. The second kappa shape index (κ2) is 10.9. The quantitative estimate of drug-likeness (QED) is 0.279. The number of carbonyl (C=O) groups is 2. The molecule has 0 aliphatic heterocycles. The SMILES string of the molecule is CCOC(=O)Cc1csc(NN=Cc2ccc(OCc3cccc(C(=O)O)c3)cc2)n1. The Morgan fingerprint density at radius 2 is 2.03 bits per heavy atom. The third-order valence-electron chi connectivity index (χ3n) is 4.02. The van der Waals surface area contributed by atoms with Gasteiger partial charge in [0, 0.05) is 5.38 Å². The van der Waals surface area contributed by atoms with Gasteiger partial charge < -0.3 is 14.6 Å². The molecule has 0 spiro atoms. The van der Waals surface area contributed by atoms with Crippen LogP contribution in [0.25, 0.3) is 0 Å². The highest BCUT2D eigenvalue weighted by atomic mass is 32.1. The number of benzene rings is 2. The average molecular weight is 439 g/mol. The van der Waals surface area contributed by atoms with Gasteiger partial charge in [0.2, 0.25) is 5.13 Å². The summed E-state index contributed by atoms with van der Waals surface area (Å²) < 4.78 is 10.6. The minimum atomic E-state index is -0.966. The lowest BCUT2D eigenvalue weighted by atomic mass is 10.1. The highest BCUT2D eigenvalue weighted by Crippen LogP contribution is 2.17. The number of hydrogen-bond acceptors (Lipinski definition) is 8. The fourth-order valence-electron chi connectivity index (χ4n) is 2.57. The normalized spacial score (nSPS) is 10.7. The van der Waals surface area contributed by atoms with Crippen molar-refractivity contribution in [3.8, 4) is 5.75 Å². The molecule has 160 valence electrons. The highest BCUT2D eigenvalue weighted by molar-refractivity contribution is 7.13. The van der Waals surface area contributed by atoms with E-state index < -0.39 is 5.97 Å². The van der Waals surface area contributed by atoms with Crippen LogP contribution in [0.4, 0.5) is 5.13 Å². The van der Waals surface area contributed by atoms with Crippen LogP contribution in [0.1, 0.15) is 34.1 Å². The lowest BCUT2D eigenvalue weighted by Crippen LogP contribution is -2.07. The molecule has 2 N–H and O–H groups in total. The van der Waals surface area contributed by atoms with Crippen molar-refractivity contribution in [2.24, 2.45) is 5.10 Å². The number of nitrogens with zero attached hydrogens (tertiary/aromatic N) is 2. The van der Waals surface area contributed by atoms with Crippen molar-refractivity contribution in [3.05, 3.63) is 76.3 Å². The second-order valence-corrected chi connectivity index (χ2v) is 7.22. The number of carboxylic acid groups (broad SMARTS) is 1. The van der Waals surface area contributed by atoms with Crippen LogP contribution >= 0.6 is 11.3 Å². The average Bonchev–Trinajstić information content (AvgIpc) is 3.20. The van der Waals surface area contributed by atoms with E-state index in [1.165, 1.54) is 11.3 Å². The summed E-state index contributed by atoms with van der Waals surface area (Å²) in [4.78, 5) is 26.8. The molecule has 0 fully saturated rings. The minimum Gasteiger partial charge on any atom is -0.489 e. The first-order valence-corrected chi connectivity index (χ1v) is 10.4. The summed E-state index contributed by atoms with van der Waals surface area (Å²) in [6.07, 6.45) is 1.78. The van der Waals surface area contributed by atoms with Crippen molar-refractivity contribution in [3.63, 3.8) is 0 Å². The Kier molecular flexibility index (Phi) is 7.72. The van der Waals surface area contributed by atoms with E-state index in [-0.39, 0.29) is 24.6 Å². The number of ether oxygens (including phenoxy) is 2. The maximum atomic E-state index is 11.5. The molecule has 0 bridgehead atoms. The second-order valence-electron chi connectivity index (χ2n) is 6.36. The monoisotopic (exact) mass is 439 g/mol. The van der Waals surface area contributed by atoms with Crippen LogP contribution in [0.3, 0.4) is 0 Å². The van der Waals surface area contributed by atoms with Crippen LogP contribution in [-0.4, -0.2) is 34.9 Å². The third kappa shape index (κ3) is 6.93. The van der Waals surface area contributed by atoms with Crippen molar-refractivity contribution >= 4 is 34.6 Å². The van der Waals surface area contributed by atoms with E-state index in [0.717, 1.165) is 11.1 Å². The maximum absolute atomic E-state index is 11.5. The van der Waals surface area contributed by atoms with Gasteiger partial charge in [-0.05, 0) is 54.4 Å². The van der Waals surface area contributed by atoms with Crippen LogP contribution < -0.4 is 10.2 Å². The molecule has 0 atom stereocenters. The zero-order valence-corrected chi connectivity index (χ0v) is 17.6. The molecule has 31 heavy (non-hydrogen) atoms. The molecule has 2 aromatic carbocycles. The summed E-state index contributed by atoms with van der Waals surface area (Å²) in [5.41, 5.74) is 5.34. The number of aromatic nitrogens is 1. The molecule has 9 heteroatoms. The summed E-state index contributed by atoms with van der Waals surface area (Å²) in [5.74, 6) is -0.610. The van der Waals surface area contributed by atoms with Crippen molar-refractivity contribution in [2.75, 3.05) is 12.0 Å². The Morgan fingerprint density at radius 3 is 2.77 bits per heavy atom. The van der Waals surface area contributed by atoms with E-state index in [1.54, 1.807) is 36.7 Å². The summed E-state index contributed by atoms with van der Waals surface area (Å²) >= 11 is 1.35. The van der Waals surface area contributed by atoms with Crippen molar-refractivity contribution < 1.29 is 24.2 Å². The van der Waals surface area contributed by atoms with Gasteiger partial charge in [-0.3, -0.25) is 10.2 Å². The number of nitrogens with one attached hydrogen (secondary N) is 1. The summed E-state index contributed by atoms with van der Waals surface area (Å²) in [7, 11) is 0. The maximum Gasteiger partial charge on any atom is 0.335 e. The smallest absolute Gasteiger partial charge is 0.335 e. The van der Waals surface area contributed by atoms with E-state index in [0.29, 0.717) is 23.2 Å². The van der Waals surface area contributed by atoms with Gasteiger partial charge in [-0.1, -0.05) is 12.1 Å². The highest BCUT2D eigenvalue weighted by Gasteiger charge is 2.08. The first kappa shape index (κ1) is 22.0. The Bertz CT molecular complexity index is 1060. The number of carbonyl (C=O) groups excluding carboxylic acids is 1. The van der Waals surface area contributed by atoms with E-state index in [2.05, 4.69) is 15.5 Å². The van der Waals surface area contributed by atoms with Gasteiger partial charge in [0.05, 0.1) is 30.5 Å². The number of thiazole rings is 1. The van der Waals surface area contributed by atoms with Crippen LogP contribution in [0.2, 0.25) is 0 Å². The molecule has 3 rings (SSSR count). The van der Waals surface area contributed by atoms with Crippen LogP contribution in [0.15, 0.2) is 59.0 Å². The fourth-order valence-corrected chi connectivity index (χ4v) is 3.23. The van der Waals surface area contributed by atoms with Gasteiger partial charge in [-0.25, -0.2) is 9.78 Å². The zero-order valence-electron chi connectivity index (χ0n) is 16.8. The molecule has 3 aromatic rings. The number of carboxylic acids is 1. The van der Waals surface area contributed by atoms with Crippen molar-refractivity contribution in [2.45, 2.75) is 20.0 Å². The summed E-state index contributed by atoms with van der Waals surface area (Å²) in [6.45, 7) is 2.38. The molecule has 0 saturated heterocycles. The van der Waals surface area contributed by atoms with Gasteiger partial charge in [-0.2, -0.15) is 5.10 Å². The van der Waals surface area contributed by atoms with E-state index in [9.17, 15) is 9.59 Å². The molecule has 1 heterocycles. The predicted octanol–water partition coefficient (Wildman–Crippen LogP) is 3.97. The topological polar surface area (TPSA) is 110 Å². The Morgan fingerprint density at radius 1 is 1.23 bits per heavy atom. The van der Waals surface area contributed by atoms with Gasteiger partial charge in [0.1, 0.15) is 12.4 Å². The first-order valence-electron chi connectivity index (χ1n) is 9.47. The first-order chi connectivity index (χ1) is 15.0. The van der Waals surface area contributed by atoms with Crippen molar-refractivity contribution in [1.82, 2.24) is 4.98 Å². The lowest BCUT2D eigenvalue weighted by molar-refractivity contribution is -0.142. The Hall–Kier alpha value is -3.72. The number of aromatic carboxylic acids is 1. The number of hydrazone groups is 1. The van der Waals surface area contributed by atoms with Crippen LogP contribution in [0.5, 0.6) is 5.75 Å². The number of rotatable bonds is 10. The van der Waals surface area contributed by atoms with Gasteiger partial charge >= 0.3 is 11.9 Å². The lowest BCUT2D eigenvalue weighted by Gasteiger charge is -2.07. The van der Waals surface area contributed by atoms with E-state index >= 15 is 0 Å². The third-order valence-corrected chi connectivity index (χ3v) is 4.81. The molecular weight excluding hydrogens is 418 g/mol. The molecule has 0 aliphatic rings. The molecule has 1 aromatic heterocycles. The Balaban J connectivity index is 1.48. The van der Waals surface area contributed by atoms with Gasteiger partial charge in [0.25, 0.3) is 0 Å². The van der Waals surface area contributed by atoms with Gasteiger partial charge in [-0.15, -0.1) is 11.3 Å². The molecule has 0 saturated carbocycles. The number of esters is 1. The Labute approximate surface area is 183 Å². The van der Waals surface area contributed by atoms with Crippen LogP contribution in [0, 0.1) is 0 Å². The summed E-state index contributed by atoms with van der Waals surface area (Å²) in [5, 5.41) is 15.6. The van der Waals surface area contributed by atoms with Gasteiger partial charge in [0.15, 0.2) is 0 Å². The molecule has 0 amide bonds. The van der Waals surface area contributed by atoms with Crippen molar-refractivity contribution in [1.29, 1.82) is 0 Å². The number of hydrogen-bond donors (Lipinski definition) is 2. The largest absolute Gasteiger partial charge is 0.489 e. The molecule has 0 radical (unpaired) electrons. The van der Waals surface area contributed by atoms with E-state index in [4.69, 9.17) is 14.6 Å². The molecule has 8 nitrogen and oxygen atoms in total.